The molecular formula is C17H20N2O. The smallest absolute Gasteiger partial charge is 0.231 e. The molecule has 0 bridgehead atoms. The summed E-state index contributed by atoms with van der Waals surface area (Å²) in [5.74, 6) is 0.187. The van der Waals surface area contributed by atoms with Gasteiger partial charge in [0.1, 0.15) is 0 Å². The summed E-state index contributed by atoms with van der Waals surface area (Å²) < 4.78 is 1.95. The van der Waals surface area contributed by atoms with Gasteiger partial charge < -0.3 is 4.90 Å². The van der Waals surface area contributed by atoms with Crippen LogP contribution >= 0.6 is 0 Å². The lowest BCUT2D eigenvalue weighted by Gasteiger charge is -2.23. The molecule has 0 saturated carbocycles. The summed E-state index contributed by atoms with van der Waals surface area (Å²) in [7, 11) is 2.13. The van der Waals surface area contributed by atoms with Crippen LogP contribution in [0.25, 0.3) is 10.9 Å². The standard InChI is InChI=1S/C17H20N2O/c1-3-4-9-17(20)19-15-8-6-5-7-13(15)14-12-18(2)11-10-16(14)19/h3,5-8H,1,4,9-12H2,2H3. The highest BCUT2D eigenvalue weighted by molar-refractivity contribution is 5.96. The predicted octanol–water partition coefficient (Wildman–Crippen LogP) is 3.24. The third-order valence-corrected chi connectivity index (χ3v) is 4.06. The zero-order valence-electron chi connectivity index (χ0n) is 11.9. The molecule has 1 aromatic carbocycles. The van der Waals surface area contributed by atoms with Crippen LogP contribution in [-0.4, -0.2) is 29.0 Å². The fraction of sp³-hybridized carbons (Fsp3) is 0.353. The van der Waals surface area contributed by atoms with Crippen LogP contribution in [0.5, 0.6) is 0 Å². The summed E-state index contributed by atoms with van der Waals surface area (Å²) in [6.45, 7) is 5.65. The minimum atomic E-state index is 0.187. The van der Waals surface area contributed by atoms with Gasteiger partial charge in [-0.25, -0.2) is 0 Å². The van der Waals surface area contributed by atoms with Crippen molar-refractivity contribution in [3.8, 4) is 0 Å². The molecule has 3 heteroatoms. The van der Waals surface area contributed by atoms with Crippen molar-refractivity contribution in [3.05, 3.63) is 48.2 Å². The molecule has 0 N–H and O–H groups in total. The van der Waals surface area contributed by atoms with Crippen LogP contribution < -0.4 is 0 Å². The zero-order valence-corrected chi connectivity index (χ0v) is 11.9. The molecule has 2 aromatic rings. The van der Waals surface area contributed by atoms with E-state index in [0.29, 0.717) is 6.42 Å². The molecule has 2 heterocycles. The number of aromatic nitrogens is 1. The summed E-state index contributed by atoms with van der Waals surface area (Å²) in [6, 6.07) is 8.24. The molecule has 0 saturated heterocycles. The first-order valence-electron chi connectivity index (χ1n) is 7.16. The number of hydrogen-bond donors (Lipinski definition) is 0. The van der Waals surface area contributed by atoms with Gasteiger partial charge >= 0.3 is 0 Å². The minimum Gasteiger partial charge on any atom is -0.302 e. The molecule has 0 radical (unpaired) electrons. The van der Waals surface area contributed by atoms with Crippen molar-refractivity contribution in [2.45, 2.75) is 25.8 Å². The van der Waals surface area contributed by atoms with Crippen molar-refractivity contribution >= 4 is 16.8 Å². The summed E-state index contributed by atoms with van der Waals surface area (Å²) in [4.78, 5) is 14.8. The van der Waals surface area contributed by atoms with E-state index in [1.807, 2.05) is 16.7 Å². The number of rotatable bonds is 3. The van der Waals surface area contributed by atoms with Gasteiger partial charge in [-0.15, -0.1) is 6.58 Å². The molecule has 0 unspecified atom stereocenters. The van der Waals surface area contributed by atoms with Gasteiger partial charge in [-0.2, -0.15) is 0 Å². The van der Waals surface area contributed by atoms with Gasteiger partial charge in [-0.3, -0.25) is 9.36 Å². The van der Waals surface area contributed by atoms with E-state index in [-0.39, 0.29) is 5.91 Å². The van der Waals surface area contributed by atoms with Crippen molar-refractivity contribution in [3.63, 3.8) is 0 Å². The van der Waals surface area contributed by atoms with E-state index in [2.05, 4.69) is 36.7 Å². The summed E-state index contributed by atoms with van der Waals surface area (Å²) in [5.41, 5.74) is 3.58. The first-order chi connectivity index (χ1) is 9.72. The third-order valence-electron chi connectivity index (χ3n) is 4.06. The average Bonchev–Trinajstić information content (AvgIpc) is 2.79. The highest BCUT2D eigenvalue weighted by Gasteiger charge is 2.24. The second-order valence-electron chi connectivity index (χ2n) is 5.49. The van der Waals surface area contributed by atoms with E-state index in [1.165, 1.54) is 16.6 Å². The van der Waals surface area contributed by atoms with E-state index >= 15 is 0 Å². The molecule has 0 spiro atoms. The second kappa shape index (κ2) is 5.25. The van der Waals surface area contributed by atoms with Gasteiger partial charge in [0.15, 0.2) is 0 Å². The van der Waals surface area contributed by atoms with E-state index in [0.717, 1.165) is 31.4 Å². The third kappa shape index (κ3) is 2.08. The number of para-hydroxylation sites is 1. The Morgan fingerprint density at radius 1 is 1.40 bits per heavy atom. The second-order valence-corrected chi connectivity index (χ2v) is 5.49. The molecule has 0 atom stereocenters. The quantitative estimate of drug-likeness (QED) is 0.798. The molecule has 1 aromatic heterocycles. The molecule has 0 aliphatic carbocycles. The van der Waals surface area contributed by atoms with Crippen LogP contribution in [-0.2, 0) is 13.0 Å². The lowest BCUT2D eigenvalue weighted by Crippen LogP contribution is -2.28. The zero-order chi connectivity index (χ0) is 14.1. The first-order valence-corrected chi connectivity index (χ1v) is 7.16. The van der Waals surface area contributed by atoms with Crippen LogP contribution in [0.15, 0.2) is 36.9 Å². The Labute approximate surface area is 119 Å². The van der Waals surface area contributed by atoms with Crippen molar-refractivity contribution in [1.29, 1.82) is 0 Å². The normalized spacial score (nSPS) is 15.2. The topological polar surface area (TPSA) is 25.2 Å². The predicted molar refractivity (Wildman–Crippen MR) is 82.0 cm³/mol. The van der Waals surface area contributed by atoms with Gasteiger partial charge in [0.05, 0.1) is 5.52 Å². The highest BCUT2D eigenvalue weighted by atomic mass is 16.2. The number of nitrogens with zero attached hydrogens (tertiary/aromatic N) is 2. The van der Waals surface area contributed by atoms with Gasteiger partial charge in [-0.05, 0) is 25.1 Å². The van der Waals surface area contributed by atoms with E-state index in [1.54, 1.807) is 0 Å². The average molecular weight is 268 g/mol. The largest absolute Gasteiger partial charge is 0.302 e. The Morgan fingerprint density at radius 2 is 2.20 bits per heavy atom. The van der Waals surface area contributed by atoms with Gasteiger partial charge in [-0.1, -0.05) is 24.3 Å². The number of likely N-dealkylation sites (N-methyl/N-ethyl adjacent to an activating group) is 1. The fourth-order valence-corrected chi connectivity index (χ4v) is 3.07. The lowest BCUT2D eigenvalue weighted by atomic mass is 10.1. The molecule has 1 aliphatic rings. The number of hydrogen-bond acceptors (Lipinski definition) is 2. The molecule has 1 aliphatic heterocycles. The maximum atomic E-state index is 12.5. The fourth-order valence-electron chi connectivity index (χ4n) is 3.07. The number of allylic oxidation sites excluding steroid dienone is 1. The van der Waals surface area contributed by atoms with Crippen LogP contribution in [0.4, 0.5) is 0 Å². The van der Waals surface area contributed by atoms with Gasteiger partial charge in [0, 0.05) is 37.0 Å². The van der Waals surface area contributed by atoms with Crippen molar-refractivity contribution in [2.24, 2.45) is 0 Å². The Hall–Kier alpha value is -1.87. The Kier molecular flexibility index (Phi) is 3.45. The first kappa shape index (κ1) is 13.1. The molecule has 3 nitrogen and oxygen atoms in total. The maximum absolute atomic E-state index is 12.5. The van der Waals surface area contributed by atoms with Crippen LogP contribution in [0.1, 0.15) is 28.9 Å². The number of fused-ring (bicyclic) bond motifs is 3. The Bertz CT molecular complexity index is 669. The summed E-state index contributed by atoms with van der Waals surface area (Å²) in [5, 5.41) is 1.22. The SMILES string of the molecule is C=CCCC(=O)n1c2c(c3ccccc31)CN(C)CC2. The summed E-state index contributed by atoms with van der Waals surface area (Å²) >= 11 is 0. The monoisotopic (exact) mass is 268 g/mol. The van der Waals surface area contributed by atoms with E-state index in [4.69, 9.17) is 0 Å². The molecular weight excluding hydrogens is 248 g/mol. The number of carbonyl (C=O) groups excluding carboxylic acids is 1. The molecule has 0 amide bonds. The van der Waals surface area contributed by atoms with Crippen molar-refractivity contribution in [2.75, 3.05) is 13.6 Å². The van der Waals surface area contributed by atoms with Crippen molar-refractivity contribution in [1.82, 2.24) is 9.47 Å². The maximum Gasteiger partial charge on any atom is 0.231 e. The highest BCUT2D eigenvalue weighted by Crippen LogP contribution is 2.30. The Morgan fingerprint density at radius 3 is 3.00 bits per heavy atom. The number of benzene rings is 1. The molecule has 3 rings (SSSR count). The van der Waals surface area contributed by atoms with Gasteiger partial charge in [0.25, 0.3) is 0 Å². The Balaban J connectivity index is 2.15. The van der Waals surface area contributed by atoms with Crippen LogP contribution in [0, 0.1) is 0 Å². The van der Waals surface area contributed by atoms with E-state index in [9.17, 15) is 4.79 Å². The summed E-state index contributed by atoms with van der Waals surface area (Å²) in [6.07, 6.45) is 4.02. The van der Waals surface area contributed by atoms with Crippen molar-refractivity contribution < 1.29 is 4.79 Å². The lowest BCUT2D eigenvalue weighted by molar-refractivity contribution is 0.0904. The van der Waals surface area contributed by atoms with Crippen LogP contribution in [0.2, 0.25) is 0 Å². The molecule has 20 heavy (non-hydrogen) atoms. The van der Waals surface area contributed by atoms with E-state index < -0.39 is 0 Å². The minimum absolute atomic E-state index is 0.187. The number of carbonyl (C=O) groups is 1. The van der Waals surface area contributed by atoms with Gasteiger partial charge in [0.2, 0.25) is 5.91 Å². The molecule has 104 valence electrons. The molecule has 0 fully saturated rings. The van der Waals surface area contributed by atoms with Crippen LogP contribution in [0.3, 0.4) is 0 Å².